The smallest absolute Gasteiger partial charge is 0.279 e. The number of amides is 1. The van der Waals surface area contributed by atoms with Gasteiger partial charge in [0, 0.05) is 5.56 Å². The summed E-state index contributed by atoms with van der Waals surface area (Å²) in [7, 11) is 1.68. The predicted octanol–water partition coefficient (Wildman–Crippen LogP) is 0.924. The van der Waals surface area contributed by atoms with Crippen molar-refractivity contribution >= 4 is 34.8 Å². The number of piperazine rings is 1. The van der Waals surface area contributed by atoms with Crippen LogP contribution in [-0.4, -0.2) is 45.7 Å². The molecule has 1 amide bonds. The number of nitrogens with one attached hydrogen (secondary N) is 3. The molecule has 2 aromatic carbocycles. The topological polar surface area (TPSA) is 47.2 Å². The normalized spacial score (nSPS) is 19.5. The molecule has 0 bridgehead atoms. The molecular formula is C20H25Cl2N3O2+2. The van der Waals surface area contributed by atoms with E-state index in [0.29, 0.717) is 22.3 Å². The summed E-state index contributed by atoms with van der Waals surface area (Å²) in [5.41, 5.74) is 1.87. The van der Waals surface area contributed by atoms with E-state index in [9.17, 15) is 4.79 Å². The van der Waals surface area contributed by atoms with Crippen molar-refractivity contribution in [2.75, 3.05) is 45.2 Å². The van der Waals surface area contributed by atoms with Gasteiger partial charge in [-0.05, 0) is 36.4 Å². The van der Waals surface area contributed by atoms with Gasteiger partial charge in [0.1, 0.15) is 38.5 Å². The van der Waals surface area contributed by atoms with Crippen LogP contribution in [0.5, 0.6) is 5.75 Å². The van der Waals surface area contributed by atoms with Crippen LogP contribution in [0.15, 0.2) is 42.5 Å². The zero-order valence-electron chi connectivity index (χ0n) is 15.4. The molecule has 3 rings (SSSR count). The lowest BCUT2D eigenvalue weighted by Gasteiger charge is -2.29. The number of carbonyl (C=O) groups excluding carboxylic acids is 1. The minimum absolute atomic E-state index is 0.0345. The van der Waals surface area contributed by atoms with Crippen molar-refractivity contribution in [2.24, 2.45) is 0 Å². The molecule has 1 aliphatic rings. The highest BCUT2D eigenvalue weighted by Crippen LogP contribution is 2.29. The van der Waals surface area contributed by atoms with Crippen LogP contribution in [-0.2, 0) is 11.3 Å². The molecule has 3 N–H and O–H groups in total. The van der Waals surface area contributed by atoms with Crippen molar-refractivity contribution in [1.29, 1.82) is 0 Å². The van der Waals surface area contributed by atoms with Gasteiger partial charge in [0.25, 0.3) is 5.91 Å². The Labute approximate surface area is 169 Å². The minimum atomic E-state index is -0.0345. The fourth-order valence-electron chi connectivity index (χ4n) is 3.36. The average molecular weight is 410 g/mol. The van der Waals surface area contributed by atoms with Crippen LogP contribution in [0, 0.1) is 0 Å². The number of hydrogen-bond donors (Lipinski definition) is 3. The maximum Gasteiger partial charge on any atom is 0.279 e. The maximum absolute atomic E-state index is 12.3. The minimum Gasteiger partial charge on any atom is -0.497 e. The van der Waals surface area contributed by atoms with Crippen molar-refractivity contribution in [3.63, 3.8) is 0 Å². The number of benzene rings is 2. The second-order valence-corrected chi connectivity index (χ2v) is 7.64. The van der Waals surface area contributed by atoms with Gasteiger partial charge in [-0.1, -0.05) is 29.3 Å². The maximum atomic E-state index is 12.3. The SMILES string of the molecule is COc1ccc(C[NH+]2CC[NH+](CC(=O)Nc3cccc(Cl)c3Cl)CC2)cc1. The molecule has 7 heteroatoms. The van der Waals surface area contributed by atoms with Gasteiger partial charge in [-0.25, -0.2) is 0 Å². The van der Waals surface area contributed by atoms with Crippen molar-refractivity contribution in [3.05, 3.63) is 58.1 Å². The average Bonchev–Trinajstić information content (AvgIpc) is 2.67. The molecule has 0 atom stereocenters. The lowest BCUT2D eigenvalue weighted by atomic mass is 10.2. The Balaban J connectivity index is 1.44. The number of rotatable bonds is 6. The number of hydrogen-bond acceptors (Lipinski definition) is 2. The highest BCUT2D eigenvalue weighted by molar-refractivity contribution is 6.43. The molecule has 0 aromatic heterocycles. The van der Waals surface area contributed by atoms with Crippen LogP contribution in [0.2, 0.25) is 10.0 Å². The first-order chi connectivity index (χ1) is 13.0. The van der Waals surface area contributed by atoms with E-state index < -0.39 is 0 Å². The Bertz CT molecular complexity index is 775. The molecule has 144 valence electrons. The van der Waals surface area contributed by atoms with E-state index >= 15 is 0 Å². The Hall–Kier alpha value is -1.79. The summed E-state index contributed by atoms with van der Waals surface area (Å²) in [5, 5.41) is 3.69. The third-order valence-electron chi connectivity index (χ3n) is 4.91. The van der Waals surface area contributed by atoms with Crippen LogP contribution in [0.4, 0.5) is 5.69 Å². The number of methoxy groups -OCH3 is 1. The van der Waals surface area contributed by atoms with E-state index in [1.54, 1.807) is 30.2 Å². The summed E-state index contributed by atoms with van der Waals surface area (Å²) in [5.74, 6) is 0.849. The largest absolute Gasteiger partial charge is 0.497 e. The molecule has 0 unspecified atom stereocenters. The summed E-state index contributed by atoms with van der Waals surface area (Å²) in [6.07, 6.45) is 0. The number of anilines is 1. The number of halogens is 2. The molecular weight excluding hydrogens is 385 g/mol. The first kappa shape index (κ1) is 20.0. The zero-order valence-corrected chi connectivity index (χ0v) is 16.9. The van der Waals surface area contributed by atoms with E-state index in [4.69, 9.17) is 27.9 Å². The number of quaternary nitrogens is 2. The number of ether oxygens (including phenoxy) is 1. The van der Waals surface area contributed by atoms with Gasteiger partial charge in [0.2, 0.25) is 0 Å². The van der Waals surface area contributed by atoms with Crippen molar-refractivity contribution in [1.82, 2.24) is 0 Å². The molecule has 0 radical (unpaired) electrons. The summed E-state index contributed by atoms with van der Waals surface area (Å²) in [6, 6.07) is 13.5. The lowest BCUT2D eigenvalue weighted by molar-refractivity contribution is -1.02. The zero-order chi connectivity index (χ0) is 19.2. The standard InChI is InChI=1S/C20H23Cl2N3O2/c1-27-16-7-5-15(6-8-16)13-24-9-11-25(12-10-24)14-19(26)23-18-4-2-3-17(21)20(18)22/h2-8H,9-14H2,1H3,(H,23,26)/p+2. The summed E-state index contributed by atoms with van der Waals surface area (Å²) < 4.78 is 5.20. The van der Waals surface area contributed by atoms with E-state index in [1.807, 2.05) is 12.1 Å². The first-order valence-electron chi connectivity index (χ1n) is 9.09. The Morgan fingerprint density at radius 3 is 2.37 bits per heavy atom. The summed E-state index contributed by atoms with van der Waals surface area (Å²) >= 11 is 12.1. The lowest BCUT2D eigenvalue weighted by Crippen LogP contribution is -3.28. The van der Waals surface area contributed by atoms with Crippen LogP contribution in [0.3, 0.4) is 0 Å². The van der Waals surface area contributed by atoms with Gasteiger partial charge in [-0.2, -0.15) is 0 Å². The van der Waals surface area contributed by atoms with Crippen molar-refractivity contribution in [2.45, 2.75) is 6.54 Å². The third-order valence-corrected chi connectivity index (χ3v) is 5.73. The van der Waals surface area contributed by atoms with Crippen LogP contribution >= 0.6 is 23.2 Å². The second-order valence-electron chi connectivity index (χ2n) is 6.85. The number of carbonyl (C=O) groups is 1. The van der Waals surface area contributed by atoms with E-state index in [1.165, 1.54) is 10.5 Å². The van der Waals surface area contributed by atoms with Crippen LogP contribution in [0.25, 0.3) is 0 Å². The Kier molecular flexibility index (Phi) is 6.96. The monoisotopic (exact) mass is 409 g/mol. The molecule has 1 saturated heterocycles. The van der Waals surface area contributed by atoms with Gasteiger partial charge in [-0.3, -0.25) is 4.79 Å². The summed E-state index contributed by atoms with van der Waals surface area (Å²) in [4.78, 5) is 15.2. The van der Waals surface area contributed by atoms with Gasteiger partial charge < -0.3 is 19.9 Å². The molecule has 1 heterocycles. The highest BCUT2D eigenvalue weighted by atomic mass is 35.5. The van der Waals surface area contributed by atoms with Gasteiger partial charge in [-0.15, -0.1) is 0 Å². The third kappa shape index (κ3) is 5.59. The molecule has 2 aromatic rings. The second kappa shape index (κ2) is 9.42. The van der Waals surface area contributed by atoms with E-state index in [2.05, 4.69) is 17.4 Å². The molecule has 5 nitrogen and oxygen atoms in total. The molecule has 1 fully saturated rings. The first-order valence-corrected chi connectivity index (χ1v) is 9.84. The van der Waals surface area contributed by atoms with Crippen molar-refractivity contribution in [3.8, 4) is 5.75 Å². The molecule has 1 aliphatic heterocycles. The Morgan fingerprint density at radius 1 is 1.04 bits per heavy atom. The van der Waals surface area contributed by atoms with Gasteiger partial charge in [0.15, 0.2) is 6.54 Å². The van der Waals surface area contributed by atoms with Crippen LogP contribution < -0.4 is 19.9 Å². The molecule has 0 aliphatic carbocycles. The Morgan fingerprint density at radius 2 is 1.70 bits per heavy atom. The van der Waals surface area contributed by atoms with Crippen molar-refractivity contribution < 1.29 is 19.3 Å². The predicted molar refractivity (Wildman–Crippen MR) is 108 cm³/mol. The fourth-order valence-corrected chi connectivity index (χ4v) is 3.71. The molecule has 0 saturated carbocycles. The van der Waals surface area contributed by atoms with Gasteiger partial charge >= 0.3 is 0 Å². The molecule has 0 spiro atoms. The van der Waals surface area contributed by atoms with Gasteiger partial charge in [0.05, 0.1) is 22.8 Å². The van der Waals surface area contributed by atoms with E-state index in [0.717, 1.165) is 38.5 Å². The fraction of sp³-hybridized carbons (Fsp3) is 0.350. The summed E-state index contributed by atoms with van der Waals surface area (Å²) in [6.45, 7) is 5.49. The van der Waals surface area contributed by atoms with E-state index in [-0.39, 0.29) is 5.91 Å². The van der Waals surface area contributed by atoms with Crippen LogP contribution in [0.1, 0.15) is 5.56 Å². The molecule has 27 heavy (non-hydrogen) atoms. The quantitative estimate of drug-likeness (QED) is 0.664. The highest BCUT2D eigenvalue weighted by Gasteiger charge is 2.25.